The maximum atomic E-state index is 6.23. The Labute approximate surface area is 130 Å². The number of allylic oxidation sites excluding steroid dienone is 1. The second kappa shape index (κ2) is 4.80. The molecule has 1 unspecified atom stereocenters. The molecule has 4 rings (SSSR count). The van der Waals surface area contributed by atoms with Crippen molar-refractivity contribution in [3.8, 4) is 0 Å². The van der Waals surface area contributed by atoms with Gasteiger partial charge in [-0.05, 0) is 33.5 Å². The van der Waals surface area contributed by atoms with Gasteiger partial charge in [-0.1, -0.05) is 72.8 Å². The summed E-state index contributed by atoms with van der Waals surface area (Å²) in [7, 11) is 0. The molecule has 2 nitrogen and oxygen atoms in total. The zero-order valence-corrected chi connectivity index (χ0v) is 12.2. The second-order valence-electron chi connectivity index (χ2n) is 5.93. The molecule has 0 aromatic heterocycles. The van der Waals surface area contributed by atoms with Gasteiger partial charge in [-0.15, -0.1) is 0 Å². The standard InChI is InChI=1S/C20H18N2/c21-20(22)13-12-17(18-9-3-4-11-19(18)20)16-10-5-7-14-6-1-2-8-15(14)16/h1-13,17H,21-22H2. The molecule has 0 saturated heterocycles. The van der Waals surface area contributed by atoms with Crippen LogP contribution in [0.2, 0.25) is 0 Å². The Morgan fingerprint density at radius 1 is 0.727 bits per heavy atom. The highest BCUT2D eigenvalue weighted by molar-refractivity contribution is 5.87. The maximum absolute atomic E-state index is 6.23. The zero-order chi connectivity index (χ0) is 15.2. The second-order valence-corrected chi connectivity index (χ2v) is 5.93. The van der Waals surface area contributed by atoms with Crippen LogP contribution in [0, 0.1) is 0 Å². The van der Waals surface area contributed by atoms with Gasteiger partial charge in [0.15, 0.2) is 0 Å². The molecule has 1 atom stereocenters. The molecule has 0 aliphatic heterocycles. The van der Waals surface area contributed by atoms with Gasteiger partial charge >= 0.3 is 0 Å². The summed E-state index contributed by atoms with van der Waals surface area (Å²) in [5.74, 6) is 0.183. The van der Waals surface area contributed by atoms with Crippen LogP contribution in [0.3, 0.4) is 0 Å². The third-order valence-electron chi connectivity index (χ3n) is 4.49. The summed E-state index contributed by atoms with van der Waals surface area (Å²) in [6.45, 7) is 0. The van der Waals surface area contributed by atoms with E-state index in [0.717, 1.165) is 5.56 Å². The molecule has 22 heavy (non-hydrogen) atoms. The van der Waals surface area contributed by atoms with Crippen LogP contribution in [0.1, 0.15) is 22.6 Å². The zero-order valence-electron chi connectivity index (χ0n) is 12.2. The summed E-state index contributed by atoms with van der Waals surface area (Å²) in [5, 5.41) is 2.53. The smallest absolute Gasteiger partial charge is 0.110 e. The van der Waals surface area contributed by atoms with Crippen LogP contribution in [0.5, 0.6) is 0 Å². The lowest BCUT2D eigenvalue weighted by molar-refractivity contribution is 0.569. The van der Waals surface area contributed by atoms with Gasteiger partial charge in [0.05, 0.1) is 0 Å². The van der Waals surface area contributed by atoms with E-state index in [1.54, 1.807) is 0 Å². The van der Waals surface area contributed by atoms with Gasteiger partial charge in [-0.2, -0.15) is 0 Å². The van der Waals surface area contributed by atoms with E-state index in [1.165, 1.54) is 21.9 Å². The van der Waals surface area contributed by atoms with E-state index in [9.17, 15) is 0 Å². The number of fused-ring (bicyclic) bond motifs is 2. The Kier molecular flexibility index (Phi) is 2.89. The molecule has 0 bridgehead atoms. The predicted octanol–water partition coefficient (Wildman–Crippen LogP) is 3.61. The molecule has 3 aromatic carbocycles. The van der Waals surface area contributed by atoms with Crippen molar-refractivity contribution in [3.05, 3.63) is 95.6 Å². The highest BCUT2D eigenvalue weighted by Gasteiger charge is 2.30. The van der Waals surface area contributed by atoms with E-state index in [0.29, 0.717) is 0 Å². The van der Waals surface area contributed by atoms with Crippen molar-refractivity contribution in [2.75, 3.05) is 0 Å². The summed E-state index contributed by atoms with van der Waals surface area (Å²) >= 11 is 0. The number of nitrogens with two attached hydrogens (primary N) is 2. The van der Waals surface area contributed by atoms with E-state index in [2.05, 4.69) is 54.6 Å². The minimum Gasteiger partial charge on any atom is -0.306 e. The molecule has 0 fully saturated rings. The van der Waals surface area contributed by atoms with Crippen LogP contribution in [-0.2, 0) is 5.66 Å². The van der Waals surface area contributed by atoms with Crippen LogP contribution in [-0.4, -0.2) is 0 Å². The lowest BCUT2D eigenvalue weighted by Gasteiger charge is -2.32. The van der Waals surface area contributed by atoms with Gasteiger partial charge < -0.3 is 11.5 Å². The number of benzene rings is 3. The maximum Gasteiger partial charge on any atom is 0.110 e. The van der Waals surface area contributed by atoms with Crippen LogP contribution >= 0.6 is 0 Å². The normalized spacial score (nSPS) is 19.1. The molecule has 0 radical (unpaired) electrons. The van der Waals surface area contributed by atoms with Gasteiger partial charge in [0.25, 0.3) is 0 Å². The largest absolute Gasteiger partial charge is 0.306 e. The van der Waals surface area contributed by atoms with Crippen molar-refractivity contribution in [1.82, 2.24) is 0 Å². The van der Waals surface area contributed by atoms with Crippen LogP contribution in [0.4, 0.5) is 0 Å². The van der Waals surface area contributed by atoms with Gasteiger partial charge in [-0.3, -0.25) is 0 Å². The Morgan fingerprint density at radius 3 is 2.32 bits per heavy atom. The minimum atomic E-state index is -0.891. The molecule has 2 heteroatoms. The first kappa shape index (κ1) is 13.3. The molecule has 0 saturated carbocycles. The Hall–Kier alpha value is -2.42. The van der Waals surface area contributed by atoms with Crippen molar-refractivity contribution < 1.29 is 0 Å². The molecule has 0 spiro atoms. The van der Waals surface area contributed by atoms with E-state index in [-0.39, 0.29) is 5.92 Å². The average Bonchev–Trinajstić information content (AvgIpc) is 2.55. The van der Waals surface area contributed by atoms with Gasteiger partial charge in [0.2, 0.25) is 0 Å². The number of hydrogen-bond acceptors (Lipinski definition) is 2. The number of hydrogen-bond donors (Lipinski definition) is 2. The summed E-state index contributed by atoms with van der Waals surface area (Å²) in [6, 6.07) is 23.1. The molecular weight excluding hydrogens is 268 g/mol. The summed E-state index contributed by atoms with van der Waals surface area (Å²) in [4.78, 5) is 0. The van der Waals surface area contributed by atoms with Crippen molar-refractivity contribution in [2.24, 2.45) is 11.5 Å². The molecule has 0 heterocycles. The first-order chi connectivity index (χ1) is 10.7. The van der Waals surface area contributed by atoms with Gasteiger partial charge in [0.1, 0.15) is 5.66 Å². The predicted molar refractivity (Wildman–Crippen MR) is 91.4 cm³/mol. The molecule has 4 N–H and O–H groups in total. The van der Waals surface area contributed by atoms with Crippen molar-refractivity contribution in [3.63, 3.8) is 0 Å². The van der Waals surface area contributed by atoms with Crippen molar-refractivity contribution in [1.29, 1.82) is 0 Å². The van der Waals surface area contributed by atoms with E-state index >= 15 is 0 Å². The fourth-order valence-electron chi connectivity index (χ4n) is 3.40. The Morgan fingerprint density at radius 2 is 1.41 bits per heavy atom. The molecule has 0 amide bonds. The quantitative estimate of drug-likeness (QED) is 0.530. The third-order valence-corrected chi connectivity index (χ3v) is 4.49. The summed E-state index contributed by atoms with van der Waals surface area (Å²) in [5.41, 5.74) is 15.0. The Balaban J connectivity index is 1.97. The minimum absolute atomic E-state index is 0.183. The fraction of sp³-hybridized carbons (Fsp3) is 0.100. The molecule has 1 aliphatic rings. The SMILES string of the molecule is NC1(N)C=CC(c2cccc3ccccc23)c2ccccc21. The fourth-order valence-corrected chi connectivity index (χ4v) is 3.40. The van der Waals surface area contributed by atoms with E-state index in [4.69, 9.17) is 11.5 Å². The summed E-state index contributed by atoms with van der Waals surface area (Å²) in [6.07, 6.45) is 4.05. The topological polar surface area (TPSA) is 52.0 Å². The number of rotatable bonds is 1. The van der Waals surface area contributed by atoms with Crippen molar-refractivity contribution >= 4 is 10.8 Å². The van der Waals surface area contributed by atoms with Crippen LogP contribution in [0.15, 0.2) is 78.9 Å². The van der Waals surface area contributed by atoms with Crippen LogP contribution in [0.25, 0.3) is 10.8 Å². The summed E-state index contributed by atoms with van der Waals surface area (Å²) < 4.78 is 0. The lowest BCUT2D eigenvalue weighted by Crippen LogP contribution is -2.46. The average molecular weight is 286 g/mol. The molecule has 3 aromatic rings. The molecule has 1 aliphatic carbocycles. The van der Waals surface area contributed by atoms with Gasteiger partial charge in [-0.25, -0.2) is 0 Å². The molecular formula is C20H18N2. The first-order valence-corrected chi connectivity index (χ1v) is 7.51. The van der Waals surface area contributed by atoms with Gasteiger partial charge in [0, 0.05) is 5.92 Å². The van der Waals surface area contributed by atoms with Crippen LogP contribution < -0.4 is 11.5 Å². The van der Waals surface area contributed by atoms with Crippen molar-refractivity contribution in [2.45, 2.75) is 11.6 Å². The first-order valence-electron chi connectivity index (χ1n) is 7.51. The van der Waals surface area contributed by atoms with E-state index in [1.807, 2.05) is 24.3 Å². The third kappa shape index (κ3) is 1.97. The molecule has 108 valence electrons. The highest BCUT2D eigenvalue weighted by atomic mass is 14.9. The Bertz CT molecular complexity index is 872. The monoisotopic (exact) mass is 286 g/mol. The lowest BCUT2D eigenvalue weighted by atomic mass is 9.78. The highest BCUT2D eigenvalue weighted by Crippen LogP contribution is 2.38. The van der Waals surface area contributed by atoms with E-state index < -0.39 is 5.66 Å².